The van der Waals surface area contributed by atoms with Crippen molar-refractivity contribution in [3.8, 4) is 11.5 Å². The first-order valence-corrected chi connectivity index (χ1v) is 14.2. The van der Waals surface area contributed by atoms with Crippen molar-refractivity contribution >= 4 is 55.4 Å². The van der Waals surface area contributed by atoms with Crippen molar-refractivity contribution < 1.29 is 45.0 Å². The first-order chi connectivity index (χ1) is 21.7. The van der Waals surface area contributed by atoms with Gasteiger partial charge in [-0.1, -0.05) is 0 Å². The Balaban J connectivity index is 1.49. The molecule has 2 aliphatic heterocycles. The number of imide groups is 1. The normalized spacial score (nSPS) is 23.7. The molecule has 6 aromatic rings. The monoisotopic (exact) mass is 613 g/mol. The minimum absolute atomic E-state index is 0.0435. The highest BCUT2D eigenvalue weighted by atomic mass is 16.6. The fourth-order valence-electron chi connectivity index (χ4n) is 6.76. The number of amides is 2. The number of benzene rings is 3. The number of nitrogens with one attached hydrogen (secondary N) is 3. The van der Waals surface area contributed by atoms with Crippen LogP contribution in [0.2, 0.25) is 0 Å². The number of aromatic amines is 2. The van der Waals surface area contributed by atoms with Crippen LogP contribution in [0.25, 0.3) is 43.6 Å². The number of phenolic OH excluding ortho intramolecular Hbond substituents is 2. The highest BCUT2D eigenvalue weighted by Gasteiger charge is 2.47. The van der Waals surface area contributed by atoms with Gasteiger partial charge in [-0.2, -0.15) is 0 Å². The van der Waals surface area contributed by atoms with Gasteiger partial charge in [-0.3, -0.25) is 9.59 Å². The van der Waals surface area contributed by atoms with E-state index in [0.29, 0.717) is 32.6 Å². The van der Waals surface area contributed by atoms with Gasteiger partial charge in [-0.15, -0.1) is 0 Å². The standard InChI is InChI=1S/C31H27N5O9/c37-11-19-26(40)27(41)28(42)31(45-19)35-18-9-14(39)4-6-16(18)21-23-22(29(43)36(30(23)44)33-10-12-2-1-7-32-12)20-15-5-3-13(38)8-17(15)34-24(20)25(21)35/h1-9,19,26-28,31-34,37-42H,10-11H2/t19-,26-,27+,28-,31-/m1/s1. The number of rotatable bonds is 5. The number of hydrogen-bond donors (Lipinski definition) is 9. The zero-order valence-electron chi connectivity index (χ0n) is 23.3. The van der Waals surface area contributed by atoms with E-state index in [-0.39, 0.29) is 40.2 Å². The molecule has 0 spiro atoms. The average Bonchev–Trinajstić information content (AvgIpc) is 3.79. The Hall–Kier alpha value is -4.96. The minimum Gasteiger partial charge on any atom is -0.508 e. The van der Waals surface area contributed by atoms with Crippen LogP contribution in [0.3, 0.4) is 0 Å². The number of aromatic hydroxyl groups is 2. The Morgan fingerprint density at radius 2 is 1.58 bits per heavy atom. The Morgan fingerprint density at radius 3 is 2.29 bits per heavy atom. The summed E-state index contributed by atoms with van der Waals surface area (Å²) in [6.07, 6.45) is -6.00. The molecule has 1 fully saturated rings. The number of aliphatic hydroxyl groups is 4. The van der Waals surface area contributed by atoms with Crippen LogP contribution in [0, 0.1) is 0 Å². The highest BCUT2D eigenvalue weighted by molar-refractivity contribution is 6.39. The number of carbonyl (C=O) groups is 2. The molecular weight excluding hydrogens is 586 g/mol. The molecule has 0 saturated carbocycles. The van der Waals surface area contributed by atoms with Gasteiger partial charge in [-0.05, 0) is 36.4 Å². The van der Waals surface area contributed by atoms with E-state index in [4.69, 9.17) is 4.74 Å². The number of aliphatic hydroxyl groups excluding tert-OH is 4. The van der Waals surface area contributed by atoms with E-state index in [9.17, 15) is 40.2 Å². The molecule has 1 saturated heterocycles. The smallest absolute Gasteiger partial charge is 0.276 e. The molecule has 3 aromatic heterocycles. The summed E-state index contributed by atoms with van der Waals surface area (Å²) in [4.78, 5) is 34.6. The third kappa shape index (κ3) is 3.78. The van der Waals surface area contributed by atoms with Gasteiger partial charge in [0, 0.05) is 45.6 Å². The van der Waals surface area contributed by atoms with Gasteiger partial charge in [0.05, 0.1) is 46.3 Å². The molecule has 14 nitrogen and oxygen atoms in total. The van der Waals surface area contributed by atoms with Crippen LogP contribution in [-0.2, 0) is 11.3 Å². The Labute approximate surface area is 252 Å². The molecule has 14 heteroatoms. The minimum atomic E-state index is -1.72. The summed E-state index contributed by atoms with van der Waals surface area (Å²) in [6, 6.07) is 12.5. The lowest BCUT2D eigenvalue weighted by Crippen LogP contribution is -2.56. The number of ether oxygens (including phenoxy) is 1. The van der Waals surface area contributed by atoms with E-state index in [1.54, 1.807) is 30.5 Å². The van der Waals surface area contributed by atoms with Crippen LogP contribution < -0.4 is 5.43 Å². The number of carbonyl (C=O) groups excluding carboxylic acids is 2. The molecule has 2 aliphatic rings. The number of fused-ring (bicyclic) bond motifs is 10. The van der Waals surface area contributed by atoms with Crippen LogP contribution in [0.15, 0.2) is 54.7 Å². The second-order valence-corrected chi connectivity index (χ2v) is 11.3. The van der Waals surface area contributed by atoms with Crippen molar-refractivity contribution in [2.75, 3.05) is 6.61 Å². The summed E-state index contributed by atoms with van der Waals surface area (Å²) in [7, 11) is 0. The number of nitrogens with zero attached hydrogens (tertiary/aromatic N) is 2. The summed E-state index contributed by atoms with van der Waals surface area (Å²) >= 11 is 0. The fraction of sp³-hybridized carbons (Fsp3) is 0.226. The largest absolute Gasteiger partial charge is 0.508 e. The van der Waals surface area contributed by atoms with Gasteiger partial charge in [0.2, 0.25) is 0 Å². The summed E-state index contributed by atoms with van der Waals surface area (Å²) in [6.45, 7) is -0.526. The molecule has 5 heterocycles. The Kier molecular flexibility index (Phi) is 5.99. The average molecular weight is 614 g/mol. The summed E-state index contributed by atoms with van der Waals surface area (Å²) in [5.41, 5.74) is 5.20. The molecule has 45 heavy (non-hydrogen) atoms. The molecule has 0 radical (unpaired) electrons. The van der Waals surface area contributed by atoms with Gasteiger partial charge in [0.15, 0.2) is 6.23 Å². The Morgan fingerprint density at radius 1 is 0.867 bits per heavy atom. The molecule has 0 bridgehead atoms. The number of H-pyrrole nitrogens is 2. The number of aromatic nitrogens is 3. The first-order valence-electron chi connectivity index (χ1n) is 14.2. The Bertz CT molecular complexity index is 2180. The van der Waals surface area contributed by atoms with Crippen molar-refractivity contribution in [1.82, 2.24) is 25.0 Å². The maximum absolute atomic E-state index is 14.2. The first kappa shape index (κ1) is 27.6. The van der Waals surface area contributed by atoms with E-state index in [0.717, 1.165) is 10.7 Å². The van der Waals surface area contributed by atoms with Crippen LogP contribution in [0.4, 0.5) is 0 Å². The van der Waals surface area contributed by atoms with Crippen LogP contribution in [-0.4, -0.2) is 93.0 Å². The molecular formula is C31H27N5O9. The molecule has 8 rings (SSSR count). The van der Waals surface area contributed by atoms with Crippen molar-refractivity contribution in [3.05, 3.63) is 71.5 Å². The van der Waals surface area contributed by atoms with Gasteiger partial charge in [0.25, 0.3) is 11.8 Å². The van der Waals surface area contributed by atoms with E-state index in [1.807, 2.05) is 0 Å². The molecule has 230 valence electrons. The van der Waals surface area contributed by atoms with Crippen LogP contribution in [0.1, 0.15) is 32.6 Å². The molecule has 0 aliphatic carbocycles. The predicted octanol–water partition coefficient (Wildman–Crippen LogP) is 1.44. The zero-order valence-corrected chi connectivity index (χ0v) is 23.3. The lowest BCUT2D eigenvalue weighted by atomic mass is 9.96. The van der Waals surface area contributed by atoms with Crippen molar-refractivity contribution in [2.24, 2.45) is 0 Å². The SMILES string of the molecule is O=C1c2c(c3c4ccc(O)cc4n([C@@H]4O[C@H](CO)[C@@H](O)[C@H](O)[C@H]4O)c3c3[nH]c4cc(O)ccc4c23)C(=O)N1NCc1ccc[nH]1. The van der Waals surface area contributed by atoms with Gasteiger partial charge in [-0.25, -0.2) is 10.4 Å². The number of hydrazine groups is 1. The van der Waals surface area contributed by atoms with Crippen LogP contribution in [0.5, 0.6) is 11.5 Å². The zero-order chi connectivity index (χ0) is 31.3. The third-order valence-corrected chi connectivity index (χ3v) is 8.80. The van der Waals surface area contributed by atoms with Gasteiger partial charge in [0.1, 0.15) is 35.9 Å². The molecule has 9 N–H and O–H groups in total. The van der Waals surface area contributed by atoms with Crippen molar-refractivity contribution in [2.45, 2.75) is 37.2 Å². The van der Waals surface area contributed by atoms with E-state index in [1.165, 1.54) is 28.8 Å². The molecule has 2 amide bonds. The molecule has 3 aromatic carbocycles. The number of phenols is 2. The van der Waals surface area contributed by atoms with Crippen molar-refractivity contribution in [1.29, 1.82) is 0 Å². The second kappa shape index (κ2) is 9.77. The maximum Gasteiger partial charge on any atom is 0.276 e. The summed E-state index contributed by atoms with van der Waals surface area (Å²) in [5, 5.41) is 65.8. The summed E-state index contributed by atoms with van der Waals surface area (Å²) < 4.78 is 7.46. The molecule has 5 atom stereocenters. The van der Waals surface area contributed by atoms with Crippen molar-refractivity contribution in [3.63, 3.8) is 0 Å². The third-order valence-electron chi connectivity index (χ3n) is 8.80. The lowest BCUT2D eigenvalue weighted by molar-refractivity contribution is -0.249. The van der Waals surface area contributed by atoms with Gasteiger partial charge < -0.3 is 49.9 Å². The van der Waals surface area contributed by atoms with Crippen LogP contribution >= 0.6 is 0 Å². The molecule has 0 unspecified atom stereocenters. The lowest BCUT2D eigenvalue weighted by Gasteiger charge is -2.41. The fourth-order valence-corrected chi connectivity index (χ4v) is 6.76. The maximum atomic E-state index is 14.2. The second-order valence-electron chi connectivity index (χ2n) is 11.3. The number of hydrogen-bond acceptors (Lipinski definition) is 10. The predicted molar refractivity (Wildman–Crippen MR) is 159 cm³/mol. The quantitative estimate of drug-likeness (QED) is 0.128. The van der Waals surface area contributed by atoms with Gasteiger partial charge >= 0.3 is 0 Å². The van der Waals surface area contributed by atoms with E-state index < -0.39 is 49.1 Å². The van der Waals surface area contributed by atoms with E-state index >= 15 is 0 Å². The summed E-state index contributed by atoms with van der Waals surface area (Å²) in [5.74, 6) is -1.43. The highest BCUT2D eigenvalue weighted by Crippen LogP contribution is 2.47. The van der Waals surface area contributed by atoms with E-state index in [2.05, 4.69) is 15.4 Å². The topological polar surface area (TPSA) is 217 Å².